The van der Waals surface area contributed by atoms with E-state index in [2.05, 4.69) is 28.6 Å². The number of aromatic nitrogens is 3. The largest absolute Gasteiger partial charge is 0.379 e. The van der Waals surface area contributed by atoms with Crippen LogP contribution in [0.5, 0.6) is 0 Å². The molecular weight excluding hydrogens is 402 g/mol. The number of benzene rings is 1. The summed E-state index contributed by atoms with van der Waals surface area (Å²) in [6.45, 7) is 10.2. The number of anilines is 1. The number of morpholine rings is 1. The summed E-state index contributed by atoms with van der Waals surface area (Å²) in [4.78, 5) is 2.53. The normalized spacial score (nSPS) is 21.0. The number of hydrogen-bond acceptors (Lipinski definition) is 6. The van der Waals surface area contributed by atoms with Gasteiger partial charge in [-0.3, -0.25) is 4.57 Å². The monoisotopic (exact) mass is 431 g/mol. The van der Waals surface area contributed by atoms with Crippen LogP contribution in [0.1, 0.15) is 19.8 Å². The van der Waals surface area contributed by atoms with Crippen LogP contribution in [0.3, 0.4) is 0 Å². The molecule has 30 heavy (non-hydrogen) atoms. The maximum absolute atomic E-state index is 13.1. The third kappa shape index (κ3) is 4.14. The Balaban J connectivity index is 1.69. The number of nitrogens with zero attached hydrogens (tertiary/aromatic N) is 5. The summed E-state index contributed by atoms with van der Waals surface area (Å²) in [5, 5.41) is 8.90. The molecule has 2 aliphatic rings. The van der Waals surface area contributed by atoms with Crippen molar-refractivity contribution in [1.29, 1.82) is 0 Å². The zero-order chi connectivity index (χ0) is 21.1. The predicted molar refractivity (Wildman–Crippen MR) is 116 cm³/mol. The lowest BCUT2D eigenvalue weighted by atomic mass is 10.0. The smallest absolute Gasteiger partial charge is 0.243 e. The Labute approximate surface area is 178 Å². The first-order valence-corrected chi connectivity index (χ1v) is 11.9. The molecule has 0 aliphatic carbocycles. The Morgan fingerprint density at radius 2 is 2.03 bits per heavy atom. The van der Waals surface area contributed by atoms with E-state index < -0.39 is 10.0 Å². The Kier molecular flexibility index (Phi) is 6.21. The van der Waals surface area contributed by atoms with Gasteiger partial charge in [0.2, 0.25) is 16.0 Å². The van der Waals surface area contributed by atoms with Crippen LogP contribution in [0.25, 0.3) is 11.4 Å². The lowest BCUT2D eigenvalue weighted by molar-refractivity contribution is 0.0730. The van der Waals surface area contributed by atoms with Crippen LogP contribution in [0, 0.1) is 5.92 Å². The van der Waals surface area contributed by atoms with Gasteiger partial charge >= 0.3 is 0 Å². The van der Waals surface area contributed by atoms with Gasteiger partial charge in [0.25, 0.3) is 0 Å². The Morgan fingerprint density at radius 3 is 2.77 bits per heavy atom. The van der Waals surface area contributed by atoms with Crippen LogP contribution in [-0.4, -0.2) is 66.9 Å². The van der Waals surface area contributed by atoms with Gasteiger partial charge in [-0.05, 0) is 30.9 Å². The van der Waals surface area contributed by atoms with E-state index in [-0.39, 0.29) is 4.90 Å². The molecule has 2 fully saturated rings. The molecule has 0 unspecified atom stereocenters. The molecule has 2 saturated heterocycles. The minimum absolute atomic E-state index is 0.267. The van der Waals surface area contributed by atoms with Crippen molar-refractivity contribution in [3.63, 3.8) is 0 Å². The zero-order valence-corrected chi connectivity index (χ0v) is 18.2. The average Bonchev–Trinajstić information content (AvgIpc) is 3.18. The second kappa shape index (κ2) is 8.87. The van der Waals surface area contributed by atoms with E-state index in [1.54, 1.807) is 18.2 Å². The number of sulfonamides is 1. The standard InChI is InChI=1S/C21H29N5O3S/c1-3-9-26-20(22-23-21(26)24-10-5-6-17(2)16-24)18-7-4-8-19(15-18)30(27,28)25-11-13-29-14-12-25/h3-4,7-8,15,17H,1,5-6,9-14,16H2,2H3/t17-/m0/s1. The van der Waals surface area contributed by atoms with Crippen molar-refractivity contribution in [2.24, 2.45) is 5.92 Å². The third-order valence-corrected chi connectivity index (χ3v) is 7.58. The fourth-order valence-electron chi connectivity index (χ4n) is 4.14. The molecule has 0 amide bonds. The summed E-state index contributed by atoms with van der Waals surface area (Å²) in [6, 6.07) is 6.97. The average molecular weight is 432 g/mol. The molecule has 2 aromatic rings. The Morgan fingerprint density at radius 1 is 1.23 bits per heavy atom. The van der Waals surface area contributed by atoms with Gasteiger partial charge in [0.1, 0.15) is 0 Å². The molecule has 0 spiro atoms. The number of hydrogen-bond donors (Lipinski definition) is 0. The third-order valence-electron chi connectivity index (χ3n) is 5.68. The Bertz CT molecular complexity index is 998. The summed E-state index contributed by atoms with van der Waals surface area (Å²) in [6.07, 6.45) is 4.17. The fourth-order valence-corrected chi connectivity index (χ4v) is 5.60. The topological polar surface area (TPSA) is 80.6 Å². The zero-order valence-electron chi connectivity index (χ0n) is 17.4. The van der Waals surface area contributed by atoms with Crippen LogP contribution in [0.4, 0.5) is 5.95 Å². The van der Waals surface area contributed by atoms with E-state index in [4.69, 9.17) is 4.74 Å². The molecule has 8 nitrogen and oxygen atoms in total. The molecule has 2 aliphatic heterocycles. The van der Waals surface area contributed by atoms with E-state index in [1.165, 1.54) is 10.7 Å². The molecule has 3 heterocycles. The van der Waals surface area contributed by atoms with E-state index >= 15 is 0 Å². The second-order valence-corrected chi connectivity index (χ2v) is 9.90. The quantitative estimate of drug-likeness (QED) is 0.654. The van der Waals surface area contributed by atoms with E-state index in [0.717, 1.165) is 31.0 Å². The molecule has 0 N–H and O–H groups in total. The molecule has 9 heteroatoms. The summed E-state index contributed by atoms with van der Waals surface area (Å²) in [5.41, 5.74) is 0.731. The first-order chi connectivity index (χ1) is 14.5. The minimum Gasteiger partial charge on any atom is -0.379 e. The SMILES string of the molecule is C=CCn1c(-c2cccc(S(=O)(=O)N3CCOCC3)c2)nnc1N1CCC[C@H](C)C1. The summed E-state index contributed by atoms with van der Waals surface area (Å²) < 4.78 is 34.9. The van der Waals surface area contributed by atoms with Crippen molar-refractivity contribution in [3.05, 3.63) is 36.9 Å². The van der Waals surface area contributed by atoms with Crippen LogP contribution in [-0.2, 0) is 21.3 Å². The maximum atomic E-state index is 13.1. The minimum atomic E-state index is -3.57. The highest BCUT2D eigenvalue weighted by Crippen LogP contribution is 2.28. The first kappa shape index (κ1) is 21.0. The van der Waals surface area contributed by atoms with Crippen molar-refractivity contribution in [1.82, 2.24) is 19.1 Å². The molecule has 1 aromatic carbocycles. The second-order valence-electron chi connectivity index (χ2n) is 7.96. The van der Waals surface area contributed by atoms with Gasteiger partial charge in [-0.1, -0.05) is 25.1 Å². The van der Waals surface area contributed by atoms with Crippen LogP contribution < -0.4 is 4.90 Å². The van der Waals surface area contributed by atoms with Crippen molar-refractivity contribution >= 4 is 16.0 Å². The van der Waals surface area contributed by atoms with Crippen molar-refractivity contribution < 1.29 is 13.2 Å². The molecule has 1 atom stereocenters. The highest BCUT2D eigenvalue weighted by Gasteiger charge is 2.28. The van der Waals surface area contributed by atoms with E-state index in [1.807, 2.05) is 16.7 Å². The van der Waals surface area contributed by atoms with Crippen LogP contribution in [0.15, 0.2) is 41.8 Å². The molecule has 0 saturated carbocycles. The van der Waals surface area contributed by atoms with E-state index in [0.29, 0.717) is 44.6 Å². The molecule has 4 rings (SSSR count). The highest BCUT2D eigenvalue weighted by molar-refractivity contribution is 7.89. The van der Waals surface area contributed by atoms with Gasteiger partial charge in [0.15, 0.2) is 5.82 Å². The molecule has 0 radical (unpaired) electrons. The van der Waals surface area contributed by atoms with Gasteiger partial charge in [0, 0.05) is 38.3 Å². The lowest BCUT2D eigenvalue weighted by Gasteiger charge is -2.31. The van der Waals surface area contributed by atoms with E-state index in [9.17, 15) is 8.42 Å². The van der Waals surface area contributed by atoms with Crippen LogP contribution in [0.2, 0.25) is 0 Å². The molecule has 1 aromatic heterocycles. The van der Waals surface area contributed by atoms with Gasteiger partial charge in [-0.15, -0.1) is 16.8 Å². The highest BCUT2D eigenvalue weighted by atomic mass is 32.2. The van der Waals surface area contributed by atoms with Crippen molar-refractivity contribution in [2.45, 2.75) is 31.2 Å². The van der Waals surface area contributed by atoms with Gasteiger partial charge in [-0.25, -0.2) is 8.42 Å². The number of rotatable bonds is 6. The van der Waals surface area contributed by atoms with Crippen LogP contribution >= 0.6 is 0 Å². The number of allylic oxidation sites excluding steroid dienone is 1. The Hall–Kier alpha value is -2.23. The lowest BCUT2D eigenvalue weighted by Crippen LogP contribution is -2.40. The van der Waals surface area contributed by atoms with Crippen molar-refractivity contribution in [3.8, 4) is 11.4 Å². The molecular formula is C21H29N5O3S. The summed E-state index contributed by atoms with van der Waals surface area (Å²) in [7, 11) is -3.57. The molecule has 162 valence electrons. The van der Waals surface area contributed by atoms with Crippen molar-refractivity contribution in [2.75, 3.05) is 44.3 Å². The number of piperidine rings is 1. The predicted octanol–water partition coefficient (Wildman–Crippen LogP) is 2.39. The fraction of sp³-hybridized carbons (Fsp3) is 0.524. The van der Waals surface area contributed by atoms with Gasteiger partial charge in [-0.2, -0.15) is 4.31 Å². The molecule has 0 bridgehead atoms. The summed E-state index contributed by atoms with van der Waals surface area (Å²) >= 11 is 0. The number of ether oxygens (including phenoxy) is 1. The first-order valence-electron chi connectivity index (χ1n) is 10.5. The summed E-state index contributed by atoms with van der Waals surface area (Å²) in [5.74, 6) is 2.08. The van der Waals surface area contributed by atoms with Gasteiger partial charge in [0.05, 0.1) is 18.1 Å². The van der Waals surface area contributed by atoms with Gasteiger partial charge < -0.3 is 9.64 Å². The maximum Gasteiger partial charge on any atom is 0.243 e.